The van der Waals surface area contributed by atoms with Crippen LogP contribution in [-0.2, 0) is 0 Å². The monoisotopic (exact) mass is 234 g/mol. The first-order chi connectivity index (χ1) is 8.09. The first-order valence-electron chi connectivity index (χ1n) is 6.58. The summed E-state index contributed by atoms with van der Waals surface area (Å²) in [5, 5.41) is 3.38. The van der Waals surface area contributed by atoms with Gasteiger partial charge in [0, 0.05) is 24.3 Å². The lowest BCUT2D eigenvalue weighted by atomic mass is 10.0. The van der Waals surface area contributed by atoms with Gasteiger partial charge in [0.1, 0.15) is 0 Å². The average molecular weight is 234 g/mol. The van der Waals surface area contributed by atoms with E-state index in [1.54, 1.807) is 0 Å². The minimum Gasteiger partial charge on any atom is -0.370 e. The zero-order valence-electron chi connectivity index (χ0n) is 11.7. The average Bonchev–Trinajstić information content (AvgIpc) is 2.35. The molecular formula is C15H26N2. The highest BCUT2D eigenvalue weighted by molar-refractivity contribution is 5.46. The van der Waals surface area contributed by atoms with Gasteiger partial charge in [-0.05, 0) is 39.4 Å². The zero-order chi connectivity index (χ0) is 12.7. The van der Waals surface area contributed by atoms with Crippen LogP contribution in [0.15, 0.2) is 30.3 Å². The quantitative estimate of drug-likeness (QED) is 0.779. The number of benzene rings is 1. The van der Waals surface area contributed by atoms with Gasteiger partial charge in [-0.25, -0.2) is 0 Å². The van der Waals surface area contributed by atoms with Crippen molar-refractivity contribution < 1.29 is 0 Å². The predicted octanol–water partition coefficient (Wildman–Crippen LogP) is 3.29. The summed E-state index contributed by atoms with van der Waals surface area (Å²) < 4.78 is 0. The Morgan fingerprint density at radius 3 is 2.35 bits per heavy atom. The predicted molar refractivity (Wildman–Crippen MR) is 76.7 cm³/mol. The van der Waals surface area contributed by atoms with Crippen LogP contribution in [0.3, 0.4) is 0 Å². The first-order valence-corrected chi connectivity index (χ1v) is 6.58. The molecule has 0 aliphatic carbocycles. The van der Waals surface area contributed by atoms with Crippen molar-refractivity contribution in [1.82, 2.24) is 5.32 Å². The second kappa shape index (κ2) is 6.65. The Morgan fingerprint density at radius 1 is 1.18 bits per heavy atom. The van der Waals surface area contributed by atoms with Crippen LogP contribution in [0, 0.1) is 0 Å². The van der Waals surface area contributed by atoms with E-state index in [0.29, 0.717) is 0 Å². The lowest BCUT2D eigenvalue weighted by Gasteiger charge is -2.34. The van der Waals surface area contributed by atoms with Crippen molar-refractivity contribution in [1.29, 1.82) is 0 Å². The van der Waals surface area contributed by atoms with Crippen molar-refractivity contribution in [2.45, 2.75) is 39.2 Å². The van der Waals surface area contributed by atoms with Gasteiger partial charge in [-0.2, -0.15) is 0 Å². The molecule has 1 N–H and O–H groups in total. The first kappa shape index (κ1) is 14.0. The lowest BCUT2D eigenvalue weighted by Crippen LogP contribution is -2.48. The number of unbranched alkanes of at least 4 members (excludes halogenated alkanes) is 1. The Hall–Kier alpha value is -1.02. The molecule has 0 amide bonds. The molecule has 0 saturated carbocycles. The minimum absolute atomic E-state index is 0.142. The van der Waals surface area contributed by atoms with E-state index in [2.05, 4.69) is 61.3 Å². The molecule has 0 bridgehead atoms. The molecule has 0 unspecified atom stereocenters. The molecule has 0 aliphatic heterocycles. The molecule has 17 heavy (non-hydrogen) atoms. The molecule has 2 heteroatoms. The smallest absolute Gasteiger partial charge is 0.0366 e. The van der Waals surface area contributed by atoms with E-state index in [4.69, 9.17) is 0 Å². The molecule has 0 atom stereocenters. The molecule has 0 saturated heterocycles. The number of nitrogens with zero attached hydrogens (tertiary/aromatic N) is 1. The van der Waals surface area contributed by atoms with Gasteiger partial charge in [0.2, 0.25) is 0 Å². The normalized spacial score (nSPS) is 11.5. The number of hydrogen-bond donors (Lipinski definition) is 1. The Labute approximate surface area is 106 Å². The summed E-state index contributed by atoms with van der Waals surface area (Å²) in [4.78, 5) is 2.47. The Balaban J connectivity index is 2.74. The summed E-state index contributed by atoms with van der Waals surface area (Å²) in [6.07, 6.45) is 2.48. The molecule has 1 aromatic rings. The van der Waals surface area contributed by atoms with E-state index in [9.17, 15) is 0 Å². The maximum atomic E-state index is 3.38. The SMILES string of the molecule is CCCCN(CC(C)(C)NC)c1ccccc1. The summed E-state index contributed by atoms with van der Waals surface area (Å²) >= 11 is 0. The third-order valence-electron chi connectivity index (χ3n) is 3.17. The Bertz CT molecular complexity index is 306. The van der Waals surface area contributed by atoms with Crippen molar-refractivity contribution in [3.63, 3.8) is 0 Å². The lowest BCUT2D eigenvalue weighted by molar-refractivity contribution is 0.418. The van der Waals surface area contributed by atoms with E-state index >= 15 is 0 Å². The number of rotatable bonds is 7. The molecular weight excluding hydrogens is 208 g/mol. The van der Waals surface area contributed by atoms with E-state index < -0.39 is 0 Å². The number of likely N-dealkylation sites (N-methyl/N-ethyl adjacent to an activating group) is 1. The number of anilines is 1. The van der Waals surface area contributed by atoms with Crippen molar-refractivity contribution in [2.24, 2.45) is 0 Å². The second-order valence-electron chi connectivity index (χ2n) is 5.24. The maximum Gasteiger partial charge on any atom is 0.0366 e. The fourth-order valence-corrected chi connectivity index (χ4v) is 1.84. The van der Waals surface area contributed by atoms with Crippen LogP contribution >= 0.6 is 0 Å². The molecule has 0 fully saturated rings. The van der Waals surface area contributed by atoms with Gasteiger partial charge < -0.3 is 10.2 Å². The molecule has 0 heterocycles. The van der Waals surface area contributed by atoms with Crippen LogP contribution in [0.2, 0.25) is 0 Å². The molecule has 0 spiro atoms. The van der Waals surface area contributed by atoms with Gasteiger partial charge in [-0.3, -0.25) is 0 Å². The van der Waals surface area contributed by atoms with Crippen molar-refractivity contribution in [3.8, 4) is 0 Å². The summed E-state index contributed by atoms with van der Waals surface area (Å²) in [6, 6.07) is 10.7. The van der Waals surface area contributed by atoms with Gasteiger partial charge in [0.25, 0.3) is 0 Å². The third-order valence-corrected chi connectivity index (χ3v) is 3.17. The van der Waals surface area contributed by atoms with Crippen molar-refractivity contribution in [3.05, 3.63) is 30.3 Å². The van der Waals surface area contributed by atoms with Gasteiger partial charge in [-0.15, -0.1) is 0 Å². The highest BCUT2D eigenvalue weighted by atomic mass is 15.2. The Kier molecular flexibility index (Phi) is 5.49. The van der Waals surface area contributed by atoms with Crippen molar-refractivity contribution in [2.75, 3.05) is 25.0 Å². The number of nitrogens with one attached hydrogen (secondary N) is 1. The fraction of sp³-hybridized carbons (Fsp3) is 0.600. The van der Waals surface area contributed by atoms with E-state index in [1.165, 1.54) is 18.5 Å². The minimum atomic E-state index is 0.142. The van der Waals surface area contributed by atoms with Crippen molar-refractivity contribution >= 4 is 5.69 Å². The number of para-hydroxylation sites is 1. The van der Waals surface area contributed by atoms with E-state index in [-0.39, 0.29) is 5.54 Å². The van der Waals surface area contributed by atoms with Gasteiger partial charge in [0.15, 0.2) is 0 Å². The van der Waals surface area contributed by atoms with Crippen LogP contribution < -0.4 is 10.2 Å². The van der Waals surface area contributed by atoms with Gasteiger partial charge in [-0.1, -0.05) is 31.5 Å². The van der Waals surface area contributed by atoms with Crippen LogP contribution in [0.25, 0.3) is 0 Å². The van der Waals surface area contributed by atoms with Gasteiger partial charge in [0.05, 0.1) is 0 Å². The molecule has 0 radical (unpaired) electrons. The summed E-state index contributed by atoms with van der Waals surface area (Å²) in [5.41, 5.74) is 1.47. The zero-order valence-corrected chi connectivity index (χ0v) is 11.7. The maximum absolute atomic E-state index is 3.38. The molecule has 0 aromatic heterocycles. The summed E-state index contributed by atoms with van der Waals surface area (Å²) in [6.45, 7) is 8.90. The largest absolute Gasteiger partial charge is 0.370 e. The Morgan fingerprint density at radius 2 is 1.82 bits per heavy atom. The number of hydrogen-bond acceptors (Lipinski definition) is 2. The van der Waals surface area contributed by atoms with Crippen LogP contribution in [0.4, 0.5) is 5.69 Å². The molecule has 1 rings (SSSR count). The highest BCUT2D eigenvalue weighted by Crippen LogP contribution is 2.17. The fourth-order valence-electron chi connectivity index (χ4n) is 1.84. The standard InChI is InChI=1S/C15H26N2/c1-5-6-12-17(13-15(2,3)16-4)14-10-8-7-9-11-14/h7-11,16H,5-6,12-13H2,1-4H3. The van der Waals surface area contributed by atoms with Gasteiger partial charge >= 0.3 is 0 Å². The molecule has 2 nitrogen and oxygen atoms in total. The molecule has 96 valence electrons. The molecule has 1 aromatic carbocycles. The topological polar surface area (TPSA) is 15.3 Å². The summed E-state index contributed by atoms with van der Waals surface area (Å²) in [5.74, 6) is 0. The van der Waals surface area contributed by atoms with E-state index in [0.717, 1.165) is 13.1 Å². The van der Waals surface area contributed by atoms with Crippen LogP contribution in [0.5, 0.6) is 0 Å². The second-order valence-corrected chi connectivity index (χ2v) is 5.24. The van der Waals surface area contributed by atoms with Crippen LogP contribution in [-0.4, -0.2) is 25.7 Å². The highest BCUT2D eigenvalue weighted by Gasteiger charge is 2.19. The van der Waals surface area contributed by atoms with E-state index in [1.807, 2.05) is 7.05 Å². The summed E-state index contributed by atoms with van der Waals surface area (Å²) in [7, 11) is 2.03. The van der Waals surface area contributed by atoms with Crippen LogP contribution in [0.1, 0.15) is 33.6 Å². The molecule has 0 aliphatic rings. The third kappa shape index (κ3) is 4.78.